The Balaban J connectivity index is 1.80. The topological polar surface area (TPSA) is 53.1 Å². The Morgan fingerprint density at radius 2 is 2.00 bits per heavy atom. The van der Waals surface area contributed by atoms with Gasteiger partial charge in [-0.1, -0.05) is 18.2 Å². The molecule has 106 valence electrons. The third kappa shape index (κ3) is 2.92. The SMILES string of the molecule is O=C(O)c1ccc(F)c(CSc2cc3ccccc3[nH]2)c1. The van der Waals surface area contributed by atoms with Gasteiger partial charge < -0.3 is 10.1 Å². The maximum absolute atomic E-state index is 13.7. The van der Waals surface area contributed by atoms with Crippen LogP contribution in [0.3, 0.4) is 0 Å². The van der Waals surface area contributed by atoms with E-state index in [0.717, 1.165) is 15.9 Å². The Kier molecular flexibility index (Phi) is 3.66. The van der Waals surface area contributed by atoms with Gasteiger partial charge in [-0.2, -0.15) is 0 Å². The van der Waals surface area contributed by atoms with Crippen molar-refractivity contribution >= 4 is 28.6 Å². The van der Waals surface area contributed by atoms with Crippen LogP contribution in [0.15, 0.2) is 53.6 Å². The van der Waals surface area contributed by atoms with Crippen LogP contribution in [-0.4, -0.2) is 16.1 Å². The molecule has 21 heavy (non-hydrogen) atoms. The Morgan fingerprint density at radius 1 is 1.19 bits per heavy atom. The summed E-state index contributed by atoms with van der Waals surface area (Å²) >= 11 is 1.45. The van der Waals surface area contributed by atoms with Gasteiger partial charge in [0.05, 0.1) is 10.6 Å². The number of para-hydroxylation sites is 1. The zero-order valence-electron chi connectivity index (χ0n) is 11.0. The highest BCUT2D eigenvalue weighted by Crippen LogP contribution is 2.27. The first-order valence-electron chi connectivity index (χ1n) is 6.36. The van der Waals surface area contributed by atoms with Crippen molar-refractivity contribution < 1.29 is 14.3 Å². The van der Waals surface area contributed by atoms with Crippen molar-refractivity contribution in [2.45, 2.75) is 10.8 Å². The maximum Gasteiger partial charge on any atom is 0.335 e. The second-order valence-electron chi connectivity index (χ2n) is 4.62. The van der Waals surface area contributed by atoms with Crippen molar-refractivity contribution in [2.75, 3.05) is 0 Å². The average Bonchev–Trinajstić information content (AvgIpc) is 2.89. The number of carboxylic acid groups (broad SMARTS) is 1. The lowest BCUT2D eigenvalue weighted by atomic mass is 10.1. The van der Waals surface area contributed by atoms with Gasteiger partial charge >= 0.3 is 5.97 Å². The number of halogens is 1. The van der Waals surface area contributed by atoms with Crippen molar-refractivity contribution in [1.29, 1.82) is 0 Å². The van der Waals surface area contributed by atoms with Crippen LogP contribution >= 0.6 is 11.8 Å². The third-order valence-electron chi connectivity index (χ3n) is 3.18. The molecule has 0 aliphatic heterocycles. The van der Waals surface area contributed by atoms with Gasteiger partial charge in [0.25, 0.3) is 0 Å². The summed E-state index contributed by atoms with van der Waals surface area (Å²) in [6, 6.07) is 13.7. The summed E-state index contributed by atoms with van der Waals surface area (Å²) < 4.78 is 13.7. The number of nitrogens with one attached hydrogen (secondary N) is 1. The van der Waals surface area contributed by atoms with Gasteiger partial charge in [0.2, 0.25) is 0 Å². The van der Waals surface area contributed by atoms with Gasteiger partial charge in [0, 0.05) is 16.7 Å². The fourth-order valence-corrected chi connectivity index (χ4v) is 3.02. The molecule has 1 heterocycles. The number of benzene rings is 2. The zero-order valence-corrected chi connectivity index (χ0v) is 11.8. The molecule has 0 saturated heterocycles. The molecule has 0 radical (unpaired) electrons. The first-order chi connectivity index (χ1) is 10.1. The van der Waals surface area contributed by atoms with Gasteiger partial charge in [0.15, 0.2) is 0 Å². The Bertz CT molecular complexity index is 780. The van der Waals surface area contributed by atoms with Gasteiger partial charge in [-0.05, 0) is 35.9 Å². The molecule has 0 aliphatic rings. The highest BCUT2D eigenvalue weighted by molar-refractivity contribution is 7.98. The lowest BCUT2D eigenvalue weighted by Gasteiger charge is -2.03. The smallest absolute Gasteiger partial charge is 0.335 e. The summed E-state index contributed by atoms with van der Waals surface area (Å²) in [5.41, 5.74) is 1.52. The minimum absolute atomic E-state index is 0.101. The molecule has 2 aromatic carbocycles. The molecular formula is C16H12FNO2S. The minimum atomic E-state index is -1.05. The molecule has 0 saturated carbocycles. The molecule has 3 nitrogen and oxygen atoms in total. The van der Waals surface area contributed by atoms with E-state index in [4.69, 9.17) is 5.11 Å². The molecule has 0 unspecified atom stereocenters. The van der Waals surface area contributed by atoms with Crippen molar-refractivity contribution in [3.63, 3.8) is 0 Å². The standard InChI is InChI=1S/C16H12FNO2S/c17-13-6-5-11(16(19)20)7-12(13)9-21-15-8-10-3-1-2-4-14(10)18-15/h1-8,18H,9H2,(H,19,20). The molecule has 0 fully saturated rings. The van der Waals surface area contributed by atoms with Crippen LogP contribution in [0.4, 0.5) is 4.39 Å². The molecule has 0 bridgehead atoms. The van der Waals surface area contributed by atoms with E-state index >= 15 is 0 Å². The number of carbonyl (C=O) groups is 1. The van der Waals surface area contributed by atoms with Crippen LogP contribution in [0.5, 0.6) is 0 Å². The van der Waals surface area contributed by atoms with E-state index in [1.165, 1.54) is 30.0 Å². The molecule has 3 rings (SSSR count). The molecule has 2 N–H and O–H groups in total. The summed E-state index contributed by atoms with van der Waals surface area (Å²) in [5, 5.41) is 11.0. The molecule has 1 aromatic heterocycles. The van der Waals surface area contributed by atoms with Crippen molar-refractivity contribution in [3.8, 4) is 0 Å². The van der Waals surface area contributed by atoms with E-state index in [1.807, 2.05) is 30.3 Å². The van der Waals surface area contributed by atoms with Gasteiger partial charge in [-0.15, -0.1) is 11.8 Å². The largest absolute Gasteiger partial charge is 0.478 e. The minimum Gasteiger partial charge on any atom is -0.478 e. The van der Waals surface area contributed by atoms with E-state index < -0.39 is 5.97 Å². The summed E-state index contributed by atoms with van der Waals surface area (Å²) in [7, 11) is 0. The Hall–Kier alpha value is -2.27. The van der Waals surface area contributed by atoms with Crippen LogP contribution in [0.1, 0.15) is 15.9 Å². The molecule has 0 amide bonds. The van der Waals surface area contributed by atoms with Gasteiger partial charge in [0.1, 0.15) is 5.82 Å². The highest BCUT2D eigenvalue weighted by Gasteiger charge is 2.09. The third-order valence-corrected chi connectivity index (χ3v) is 4.17. The number of fused-ring (bicyclic) bond motifs is 1. The first-order valence-corrected chi connectivity index (χ1v) is 7.34. The number of aromatic carboxylic acids is 1. The number of aromatic nitrogens is 1. The van der Waals surface area contributed by atoms with Crippen LogP contribution in [0.2, 0.25) is 0 Å². The number of carboxylic acids is 1. The molecule has 0 aliphatic carbocycles. The quantitative estimate of drug-likeness (QED) is 0.706. The lowest BCUT2D eigenvalue weighted by Crippen LogP contribution is -1.99. The predicted molar refractivity (Wildman–Crippen MR) is 81.2 cm³/mol. The second kappa shape index (κ2) is 5.61. The second-order valence-corrected chi connectivity index (χ2v) is 5.64. The van der Waals surface area contributed by atoms with E-state index in [2.05, 4.69) is 4.98 Å². The number of hydrogen-bond donors (Lipinski definition) is 2. The van der Waals surface area contributed by atoms with Crippen LogP contribution < -0.4 is 0 Å². The summed E-state index contributed by atoms with van der Waals surface area (Å²) in [5.74, 6) is -1.06. The summed E-state index contributed by atoms with van der Waals surface area (Å²) in [6.45, 7) is 0. The van der Waals surface area contributed by atoms with Gasteiger partial charge in [-0.3, -0.25) is 0 Å². The zero-order chi connectivity index (χ0) is 14.8. The Labute approximate surface area is 124 Å². The number of rotatable bonds is 4. The van der Waals surface area contributed by atoms with Crippen LogP contribution in [-0.2, 0) is 5.75 Å². The van der Waals surface area contributed by atoms with Gasteiger partial charge in [-0.25, -0.2) is 9.18 Å². The number of hydrogen-bond acceptors (Lipinski definition) is 2. The summed E-state index contributed by atoms with van der Waals surface area (Å²) in [6.07, 6.45) is 0. The monoisotopic (exact) mass is 301 g/mol. The van der Waals surface area contributed by atoms with E-state index in [0.29, 0.717) is 11.3 Å². The van der Waals surface area contributed by atoms with E-state index in [1.54, 1.807) is 0 Å². The normalized spacial score (nSPS) is 10.9. The molecule has 0 spiro atoms. The predicted octanol–water partition coefficient (Wildman–Crippen LogP) is 4.30. The van der Waals surface area contributed by atoms with Crippen molar-refractivity contribution in [2.24, 2.45) is 0 Å². The van der Waals surface area contributed by atoms with E-state index in [9.17, 15) is 9.18 Å². The average molecular weight is 301 g/mol. The summed E-state index contributed by atoms with van der Waals surface area (Å²) in [4.78, 5) is 14.2. The molecule has 3 aromatic rings. The Morgan fingerprint density at radius 3 is 2.76 bits per heavy atom. The molecule has 5 heteroatoms. The van der Waals surface area contributed by atoms with E-state index in [-0.39, 0.29) is 11.4 Å². The van der Waals surface area contributed by atoms with Crippen LogP contribution in [0, 0.1) is 5.82 Å². The lowest BCUT2D eigenvalue weighted by molar-refractivity contribution is 0.0696. The molecule has 0 atom stereocenters. The number of H-pyrrole nitrogens is 1. The van der Waals surface area contributed by atoms with Crippen molar-refractivity contribution in [1.82, 2.24) is 4.98 Å². The highest BCUT2D eigenvalue weighted by atomic mass is 32.2. The maximum atomic E-state index is 13.7. The number of thioether (sulfide) groups is 1. The molecular weight excluding hydrogens is 289 g/mol. The fourth-order valence-electron chi connectivity index (χ4n) is 2.10. The van der Waals surface area contributed by atoms with Crippen molar-refractivity contribution in [3.05, 3.63) is 65.5 Å². The fraction of sp³-hybridized carbons (Fsp3) is 0.0625. The first kappa shape index (κ1) is 13.7. The number of aromatic amines is 1. The van der Waals surface area contributed by atoms with Crippen LogP contribution in [0.25, 0.3) is 10.9 Å².